The summed E-state index contributed by atoms with van der Waals surface area (Å²) in [5.74, 6) is 0.293. The molecular weight excluding hydrogens is 376 g/mol. The van der Waals surface area contributed by atoms with Crippen molar-refractivity contribution in [1.82, 2.24) is 14.7 Å². The van der Waals surface area contributed by atoms with Gasteiger partial charge >= 0.3 is 6.61 Å². The molecule has 5 nitrogen and oxygen atoms in total. The Morgan fingerprint density at radius 1 is 1.42 bits per heavy atom. The number of rotatable bonds is 8. The summed E-state index contributed by atoms with van der Waals surface area (Å²) < 4.78 is 37.9. The van der Waals surface area contributed by atoms with Crippen molar-refractivity contribution in [3.63, 3.8) is 0 Å². The highest BCUT2D eigenvalue weighted by Crippen LogP contribution is 2.30. The fraction of sp³-hybridized carbons (Fsp3) is 0.429. The first-order valence-electron chi connectivity index (χ1n) is 6.85. The molecule has 0 spiro atoms. The van der Waals surface area contributed by atoms with E-state index in [9.17, 15) is 8.78 Å². The van der Waals surface area contributed by atoms with Crippen LogP contribution >= 0.6 is 35.3 Å². The molecule has 2 rings (SSSR count). The van der Waals surface area contributed by atoms with Crippen LogP contribution in [-0.2, 0) is 13.2 Å². The lowest BCUT2D eigenvalue weighted by molar-refractivity contribution is -0.0512. The van der Waals surface area contributed by atoms with Crippen molar-refractivity contribution < 1.29 is 18.3 Å². The third-order valence-electron chi connectivity index (χ3n) is 3.03. The Morgan fingerprint density at radius 2 is 2.17 bits per heavy atom. The monoisotopic (exact) mass is 393 g/mol. The molecule has 0 radical (unpaired) electrons. The molecule has 0 saturated heterocycles. The minimum absolute atomic E-state index is 0.0216. The number of benzene rings is 1. The molecule has 0 atom stereocenters. The molecule has 1 aromatic heterocycles. The van der Waals surface area contributed by atoms with E-state index in [0.29, 0.717) is 17.2 Å². The second kappa shape index (κ2) is 8.75. The van der Waals surface area contributed by atoms with Gasteiger partial charge in [0.1, 0.15) is 0 Å². The van der Waals surface area contributed by atoms with E-state index in [2.05, 4.69) is 9.84 Å². The molecule has 0 aliphatic carbocycles. The molecule has 1 aromatic carbocycles. The fourth-order valence-electron chi connectivity index (χ4n) is 2.06. The van der Waals surface area contributed by atoms with Gasteiger partial charge in [0.2, 0.25) is 0 Å². The van der Waals surface area contributed by atoms with Crippen LogP contribution in [0.4, 0.5) is 8.78 Å². The summed E-state index contributed by atoms with van der Waals surface area (Å²) in [5, 5.41) is 4.40. The topological polar surface area (TPSA) is 39.5 Å². The van der Waals surface area contributed by atoms with Gasteiger partial charge in [0.05, 0.1) is 13.8 Å². The molecule has 0 amide bonds. The van der Waals surface area contributed by atoms with Crippen LogP contribution in [0, 0.1) is 3.95 Å². The zero-order valence-electron chi connectivity index (χ0n) is 13.4. The molecule has 0 unspecified atom stereocenters. The first kappa shape index (κ1) is 19.1. The van der Waals surface area contributed by atoms with Crippen molar-refractivity contribution >= 4 is 35.3 Å². The van der Waals surface area contributed by atoms with E-state index in [0.717, 1.165) is 9.90 Å². The quantitative estimate of drug-likeness (QED) is 0.497. The summed E-state index contributed by atoms with van der Waals surface area (Å²) in [6.07, 6.45) is 1.95. The first-order valence-corrected chi connectivity index (χ1v) is 9.30. The fourth-order valence-corrected chi connectivity index (χ4v) is 3.79. The maximum atomic E-state index is 12.5. The molecule has 0 bridgehead atoms. The number of ether oxygens (including phenoxy) is 2. The van der Waals surface area contributed by atoms with Gasteiger partial charge in [0.25, 0.3) is 0 Å². The number of halogens is 2. The lowest BCUT2D eigenvalue weighted by atomic mass is 10.2. The van der Waals surface area contributed by atoms with Gasteiger partial charge in [0.15, 0.2) is 19.8 Å². The van der Waals surface area contributed by atoms with Gasteiger partial charge in [-0.1, -0.05) is 29.2 Å². The average Bonchev–Trinajstić information content (AvgIpc) is 2.87. The standard InChI is InChI=1S/C14H17F2N3O2S3/c1-18(8-19-14(22)24-13(17-19)23-3)7-9-4-5-10(20-2)11(6-9)21-12(15)16/h4-6,12H,7-8H2,1-3H3. The zero-order valence-corrected chi connectivity index (χ0v) is 15.8. The van der Waals surface area contributed by atoms with E-state index in [4.69, 9.17) is 17.0 Å². The van der Waals surface area contributed by atoms with Gasteiger partial charge < -0.3 is 9.47 Å². The van der Waals surface area contributed by atoms with Crippen LogP contribution in [0.25, 0.3) is 0 Å². The lowest BCUT2D eigenvalue weighted by Crippen LogP contribution is -2.22. The molecule has 0 fully saturated rings. The smallest absolute Gasteiger partial charge is 0.387 e. The van der Waals surface area contributed by atoms with Gasteiger partial charge in [0, 0.05) is 6.54 Å². The molecule has 0 aliphatic rings. The molecule has 2 aromatic rings. The summed E-state index contributed by atoms with van der Waals surface area (Å²) in [5.41, 5.74) is 0.820. The van der Waals surface area contributed by atoms with E-state index < -0.39 is 6.61 Å². The van der Waals surface area contributed by atoms with Crippen molar-refractivity contribution in [3.8, 4) is 11.5 Å². The number of nitrogens with zero attached hydrogens (tertiary/aromatic N) is 3. The molecule has 1 heterocycles. The maximum Gasteiger partial charge on any atom is 0.387 e. The molecule has 0 aliphatic heterocycles. The van der Waals surface area contributed by atoms with Crippen molar-refractivity contribution in [2.75, 3.05) is 20.4 Å². The number of thioether (sulfide) groups is 1. The number of aromatic nitrogens is 2. The largest absolute Gasteiger partial charge is 0.493 e. The number of hydrogen-bond donors (Lipinski definition) is 0. The number of alkyl halides is 2. The van der Waals surface area contributed by atoms with E-state index in [-0.39, 0.29) is 11.5 Å². The van der Waals surface area contributed by atoms with Crippen LogP contribution in [-0.4, -0.2) is 41.7 Å². The van der Waals surface area contributed by atoms with E-state index in [1.165, 1.54) is 18.4 Å². The van der Waals surface area contributed by atoms with Crippen LogP contribution in [0.15, 0.2) is 22.5 Å². The van der Waals surface area contributed by atoms with Gasteiger partial charge in [-0.05, 0) is 43.2 Å². The molecule has 10 heteroatoms. The summed E-state index contributed by atoms with van der Waals surface area (Å²) in [7, 11) is 3.31. The van der Waals surface area contributed by atoms with Crippen LogP contribution in [0.1, 0.15) is 5.56 Å². The van der Waals surface area contributed by atoms with Crippen LogP contribution in [0.5, 0.6) is 11.5 Å². The minimum Gasteiger partial charge on any atom is -0.493 e. The number of hydrogen-bond acceptors (Lipinski definition) is 7. The third-order valence-corrected chi connectivity index (χ3v) is 5.32. The van der Waals surface area contributed by atoms with Gasteiger partial charge in [-0.15, -0.1) is 0 Å². The Morgan fingerprint density at radius 3 is 2.75 bits per heavy atom. The van der Waals surface area contributed by atoms with E-state index in [1.54, 1.807) is 34.6 Å². The van der Waals surface area contributed by atoms with E-state index >= 15 is 0 Å². The van der Waals surface area contributed by atoms with Crippen LogP contribution in [0.3, 0.4) is 0 Å². The maximum absolute atomic E-state index is 12.5. The highest BCUT2D eigenvalue weighted by Gasteiger charge is 2.13. The molecular formula is C14H17F2N3O2S3. The molecule has 24 heavy (non-hydrogen) atoms. The minimum atomic E-state index is -2.90. The summed E-state index contributed by atoms with van der Waals surface area (Å²) in [4.78, 5) is 1.98. The number of methoxy groups -OCH3 is 1. The predicted molar refractivity (Wildman–Crippen MR) is 93.8 cm³/mol. The van der Waals surface area contributed by atoms with Crippen molar-refractivity contribution in [3.05, 3.63) is 27.7 Å². The Hall–Kier alpha value is -1.23. The SMILES string of the molecule is COc1ccc(CN(C)Cn2nc(SC)sc2=S)cc1OC(F)F. The van der Waals surface area contributed by atoms with Crippen LogP contribution < -0.4 is 9.47 Å². The molecule has 132 valence electrons. The average molecular weight is 394 g/mol. The lowest BCUT2D eigenvalue weighted by Gasteiger charge is -2.18. The van der Waals surface area contributed by atoms with Crippen molar-refractivity contribution in [1.29, 1.82) is 0 Å². The Kier molecular flexibility index (Phi) is 6.96. The van der Waals surface area contributed by atoms with Crippen LogP contribution in [0.2, 0.25) is 0 Å². The zero-order chi connectivity index (χ0) is 17.7. The van der Waals surface area contributed by atoms with Gasteiger partial charge in [-0.3, -0.25) is 4.90 Å². The Labute approximate surface area is 152 Å². The normalized spacial score (nSPS) is 11.3. The summed E-state index contributed by atoms with van der Waals surface area (Å²) in [6, 6.07) is 4.97. The highest BCUT2D eigenvalue weighted by molar-refractivity contribution is 8.00. The van der Waals surface area contributed by atoms with Gasteiger partial charge in [-0.25, -0.2) is 4.68 Å². The first-order chi connectivity index (χ1) is 11.4. The van der Waals surface area contributed by atoms with Gasteiger partial charge in [-0.2, -0.15) is 13.9 Å². The Balaban J connectivity index is 2.09. The van der Waals surface area contributed by atoms with Crippen molar-refractivity contribution in [2.45, 2.75) is 24.2 Å². The van der Waals surface area contributed by atoms with Crippen molar-refractivity contribution in [2.24, 2.45) is 0 Å². The Bertz CT molecular complexity index is 736. The third kappa shape index (κ3) is 5.13. The second-order valence-corrected chi connectivity index (χ2v) is 7.53. The second-order valence-electron chi connectivity index (χ2n) is 4.86. The summed E-state index contributed by atoms with van der Waals surface area (Å²) >= 11 is 8.29. The summed E-state index contributed by atoms with van der Waals surface area (Å²) in [6.45, 7) is -1.87. The molecule has 0 N–H and O–H groups in total. The van der Waals surface area contributed by atoms with E-state index in [1.807, 2.05) is 18.2 Å². The predicted octanol–water partition coefficient (Wildman–Crippen LogP) is 4.10. The highest BCUT2D eigenvalue weighted by atomic mass is 32.2. The molecule has 0 saturated carbocycles.